The minimum Gasteiger partial charge on any atom is -0.468 e. The summed E-state index contributed by atoms with van der Waals surface area (Å²) in [7, 11) is -2.74. The first-order valence-electron chi connectivity index (χ1n) is 5.50. The lowest BCUT2D eigenvalue weighted by molar-refractivity contribution is -0.143. The van der Waals surface area contributed by atoms with Gasteiger partial charge in [0, 0.05) is 6.20 Å². The maximum atomic E-state index is 12.1. The van der Waals surface area contributed by atoms with Crippen LogP contribution in [0.4, 0.5) is 0 Å². The van der Waals surface area contributed by atoms with Crippen molar-refractivity contribution in [1.29, 1.82) is 0 Å². The maximum absolute atomic E-state index is 12.1. The Balaban J connectivity index is 3.08. The second-order valence-corrected chi connectivity index (χ2v) is 6.20. The molecular formula is C11H15ClN2O4S. The number of hydrogen-bond donors (Lipinski definition) is 1. The van der Waals surface area contributed by atoms with Gasteiger partial charge in [-0.05, 0) is 18.1 Å². The molecule has 0 fully saturated rings. The van der Waals surface area contributed by atoms with Crippen LogP contribution in [0.15, 0.2) is 23.2 Å². The number of aromatic nitrogens is 1. The molecule has 0 aromatic carbocycles. The Morgan fingerprint density at radius 1 is 1.47 bits per heavy atom. The molecule has 0 radical (unpaired) electrons. The molecule has 0 saturated carbocycles. The number of carbonyl (C=O) groups excluding carboxylic acids is 1. The average molecular weight is 307 g/mol. The number of sulfonamides is 1. The second-order valence-electron chi connectivity index (χ2n) is 4.16. The molecule has 1 N–H and O–H groups in total. The third-order valence-corrected chi connectivity index (χ3v) is 4.30. The number of esters is 1. The van der Waals surface area contributed by atoms with Crippen molar-refractivity contribution < 1.29 is 17.9 Å². The summed E-state index contributed by atoms with van der Waals surface area (Å²) in [5, 5.41) is -0.151. The number of methoxy groups -OCH3 is 1. The number of nitrogens with one attached hydrogen (secondary N) is 1. The summed E-state index contributed by atoms with van der Waals surface area (Å²) >= 11 is 5.74. The molecule has 6 nitrogen and oxygen atoms in total. The highest BCUT2D eigenvalue weighted by atomic mass is 35.5. The fraction of sp³-hybridized carbons (Fsp3) is 0.455. The largest absolute Gasteiger partial charge is 0.468 e. The van der Waals surface area contributed by atoms with Gasteiger partial charge in [0.25, 0.3) is 0 Å². The molecule has 0 amide bonds. The van der Waals surface area contributed by atoms with Gasteiger partial charge in [0.05, 0.1) is 7.11 Å². The highest BCUT2D eigenvalue weighted by Gasteiger charge is 2.30. The van der Waals surface area contributed by atoms with Crippen LogP contribution in [0.1, 0.15) is 13.8 Å². The summed E-state index contributed by atoms with van der Waals surface area (Å²) in [6.45, 7) is 3.41. The van der Waals surface area contributed by atoms with Gasteiger partial charge in [0.15, 0.2) is 0 Å². The molecule has 8 heteroatoms. The van der Waals surface area contributed by atoms with Crippen molar-refractivity contribution in [3.8, 4) is 0 Å². The molecule has 0 saturated heterocycles. The van der Waals surface area contributed by atoms with E-state index in [1.54, 1.807) is 13.8 Å². The number of hydrogen-bond acceptors (Lipinski definition) is 5. The topological polar surface area (TPSA) is 85.4 Å². The van der Waals surface area contributed by atoms with E-state index >= 15 is 0 Å². The van der Waals surface area contributed by atoms with Gasteiger partial charge in [0.1, 0.15) is 16.1 Å². The summed E-state index contributed by atoms with van der Waals surface area (Å²) in [6, 6.07) is 1.78. The molecule has 0 aliphatic rings. The summed E-state index contributed by atoms with van der Waals surface area (Å²) in [6.07, 6.45) is 1.38. The Kier molecular flexibility index (Phi) is 5.28. The lowest BCUT2D eigenvalue weighted by atomic mass is 10.1. The molecule has 0 aliphatic heterocycles. The van der Waals surface area contributed by atoms with Gasteiger partial charge in [-0.2, -0.15) is 4.72 Å². The standard InChI is InChI=1S/C11H15ClN2O4S/c1-7(2)9(11(15)18-3)14-19(16,17)8-5-4-6-13-10(8)12/h4-7,9,14H,1-3H3/t9-/m0/s1. The molecule has 1 aromatic rings. The quantitative estimate of drug-likeness (QED) is 0.653. The van der Waals surface area contributed by atoms with E-state index in [4.69, 9.17) is 11.6 Å². The Morgan fingerprint density at radius 2 is 2.11 bits per heavy atom. The predicted octanol–water partition coefficient (Wildman–Crippen LogP) is 1.21. The van der Waals surface area contributed by atoms with Crippen LogP contribution < -0.4 is 4.72 Å². The van der Waals surface area contributed by atoms with Crippen LogP contribution in [0.2, 0.25) is 5.15 Å². The maximum Gasteiger partial charge on any atom is 0.324 e. The third kappa shape index (κ3) is 3.89. The molecule has 0 aliphatic carbocycles. The molecule has 0 spiro atoms. The first-order valence-corrected chi connectivity index (χ1v) is 7.36. The number of carbonyl (C=O) groups is 1. The van der Waals surface area contributed by atoms with E-state index in [-0.39, 0.29) is 16.0 Å². The summed E-state index contributed by atoms with van der Waals surface area (Å²) < 4.78 is 31.1. The van der Waals surface area contributed by atoms with Gasteiger partial charge in [-0.15, -0.1) is 0 Å². The zero-order chi connectivity index (χ0) is 14.6. The van der Waals surface area contributed by atoms with Crippen molar-refractivity contribution in [2.75, 3.05) is 7.11 Å². The van der Waals surface area contributed by atoms with Crippen molar-refractivity contribution in [2.24, 2.45) is 5.92 Å². The molecule has 1 rings (SSSR count). The predicted molar refractivity (Wildman–Crippen MR) is 70.2 cm³/mol. The van der Waals surface area contributed by atoms with Gasteiger partial charge in [-0.25, -0.2) is 13.4 Å². The second kappa shape index (κ2) is 6.31. The highest BCUT2D eigenvalue weighted by molar-refractivity contribution is 7.89. The average Bonchev–Trinajstić information content (AvgIpc) is 2.35. The Hall–Kier alpha value is -1.18. The van der Waals surface area contributed by atoms with Crippen LogP contribution in [-0.2, 0) is 19.6 Å². The molecular weight excluding hydrogens is 292 g/mol. The number of nitrogens with zero attached hydrogens (tertiary/aromatic N) is 1. The fourth-order valence-electron chi connectivity index (χ4n) is 1.39. The molecule has 0 unspecified atom stereocenters. The highest BCUT2D eigenvalue weighted by Crippen LogP contribution is 2.19. The fourth-order valence-corrected chi connectivity index (χ4v) is 3.17. The number of rotatable bonds is 5. The van der Waals surface area contributed by atoms with Crippen LogP contribution in [-0.4, -0.2) is 32.5 Å². The Labute approximate surface area is 117 Å². The first kappa shape index (κ1) is 15.9. The van der Waals surface area contributed by atoms with E-state index in [2.05, 4.69) is 14.4 Å². The minimum atomic E-state index is -3.94. The molecule has 106 valence electrons. The van der Waals surface area contributed by atoms with E-state index in [1.807, 2.05) is 0 Å². The van der Waals surface area contributed by atoms with Crippen molar-refractivity contribution in [3.05, 3.63) is 23.5 Å². The van der Waals surface area contributed by atoms with Crippen LogP contribution in [0.25, 0.3) is 0 Å². The zero-order valence-electron chi connectivity index (χ0n) is 10.8. The summed E-state index contributed by atoms with van der Waals surface area (Å²) in [4.78, 5) is 15.1. The van der Waals surface area contributed by atoms with E-state index in [9.17, 15) is 13.2 Å². The van der Waals surface area contributed by atoms with Gasteiger partial charge in [0.2, 0.25) is 10.0 Å². The van der Waals surface area contributed by atoms with E-state index in [0.29, 0.717) is 0 Å². The van der Waals surface area contributed by atoms with E-state index < -0.39 is 22.0 Å². The van der Waals surface area contributed by atoms with Crippen molar-refractivity contribution in [3.63, 3.8) is 0 Å². The molecule has 0 bridgehead atoms. The Bertz CT molecular complexity index is 560. The minimum absolute atomic E-state index is 0.151. The monoisotopic (exact) mass is 306 g/mol. The summed E-state index contributed by atoms with van der Waals surface area (Å²) in [5.74, 6) is -0.920. The van der Waals surface area contributed by atoms with Gasteiger partial charge < -0.3 is 4.74 Å². The molecule has 1 atom stereocenters. The van der Waals surface area contributed by atoms with Crippen molar-refractivity contribution >= 4 is 27.6 Å². The number of halogens is 1. The SMILES string of the molecule is COC(=O)[C@@H](NS(=O)(=O)c1cccnc1Cl)C(C)C. The first-order chi connectivity index (χ1) is 8.79. The van der Waals surface area contributed by atoms with E-state index in [1.165, 1.54) is 25.4 Å². The van der Waals surface area contributed by atoms with Crippen LogP contribution in [0.3, 0.4) is 0 Å². The smallest absolute Gasteiger partial charge is 0.324 e. The normalized spacial score (nSPS) is 13.3. The molecule has 1 heterocycles. The van der Waals surface area contributed by atoms with Gasteiger partial charge >= 0.3 is 5.97 Å². The van der Waals surface area contributed by atoms with Crippen molar-refractivity contribution in [1.82, 2.24) is 9.71 Å². The lowest BCUT2D eigenvalue weighted by Crippen LogP contribution is -2.45. The molecule has 19 heavy (non-hydrogen) atoms. The van der Waals surface area contributed by atoms with Gasteiger partial charge in [-0.1, -0.05) is 25.4 Å². The third-order valence-electron chi connectivity index (χ3n) is 2.42. The Morgan fingerprint density at radius 3 is 2.58 bits per heavy atom. The van der Waals surface area contributed by atoms with E-state index in [0.717, 1.165) is 0 Å². The van der Waals surface area contributed by atoms with Crippen LogP contribution in [0.5, 0.6) is 0 Å². The van der Waals surface area contributed by atoms with Crippen LogP contribution >= 0.6 is 11.6 Å². The lowest BCUT2D eigenvalue weighted by Gasteiger charge is -2.19. The number of ether oxygens (including phenoxy) is 1. The molecule has 1 aromatic heterocycles. The zero-order valence-corrected chi connectivity index (χ0v) is 12.3. The van der Waals surface area contributed by atoms with Crippen LogP contribution in [0, 0.1) is 5.92 Å². The van der Waals surface area contributed by atoms with Crippen molar-refractivity contribution in [2.45, 2.75) is 24.8 Å². The number of pyridine rings is 1. The van der Waals surface area contributed by atoms with Gasteiger partial charge in [-0.3, -0.25) is 4.79 Å². The summed E-state index contributed by atoms with van der Waals surface area (Å²) in [5.41, 5.74) is 0.